The summed E-state index contributed by atoms with van der Waals surface area (Å²) in [5, 5.41) is 3.38. The molecule has 0 spiro atoms. The molecule has 0 saturated carbocycles. The van der Waals surface area contributed by atoms with Crippen LogP contribution in [-0.2, 0) is 6.54 Å². The number of ether oxygens (including phenoxy) is 2. The van der Waals surface area contributed by atoms with E-state index in [-0.39, 0.29) is 0 Å². The highest BCUT2D eigenvalue weighted by Gasteiger charge is 2.17. The Hall–Kier alpha value is -1.26. The number of methoxy groups -OCH3 is 2. The summed E-state index contributed by atoms with van der Waals surface area (Å²) in [6.45, 7) is 9.61. The monoisotopic (exact) mass is 264 g/mol. The molecular formula is C15H24N2O2. The minimum atomic E-state index is 0.821. The SMILES string of the molecule is COc1cc(C)c(CN2CCNCC2)c(C)c1OC. The van der Waals surface area contributed by atoms with E-state index in [0.717, 1.165) is 44.2 Å². The van der Waals surface area contributed by atoms with Crippen molar-refractivity contribution in [3.63, 3.8) is 0 Å². The third kappa shape index (κ3) is 3.01. The second-order valence-electron chi connectivity index (χ2n) is 5.06. The Labute approximate surface area is 115 Å². The zero-order valence-corrected chi connectivity index (χ0v) is 12.4. The quantitative estimate of drug-likeness (QED) is 0.898. The Balaban J connectivity index is 2.28. The largest absolute Gasteiger partial charge is 0.493 e. The van der Waals surface area contributed by atoms with E-state index in [0.29, 0.717) is 0 Å². The molecule has 1 heterocycles. The van der Waals surface area contributed by atoms with Gasteiger partial charge in [0.2, 0.25) is 0 Å². The second kappa shape index (κ2) is 6.26. The first-order chi connectivity index (χ1) is 9.17. The van der Waals surface area contributed by atoms with Crippen molar-refractivity contribution in [3.05, 3.63) is 22.8 Å². The molecule has 106 valence electrons. The molecule has 1 saturated heterocycles. The van der Waals surface area contributed by atoms with E-state index in [1.807, 2.05) is 0 Å². The standard InChI is InChI=1S/C15H24N2O2/c1-11-9-14(18-3)15(19-4)12(2)13(11)10-17-7-5-16-6-8-17/h9,16H,5-8,10H2,1-4H3. The van der Waals surface area contributed by atoms with E-state index in [4.69, 9.17) is 9.47 Å². The van der Waals surface area contributed by atoms with E-state index < -0.39 is 0 Å². The third-order valence-corrected chi connectivity index (χ3v) is 3.86. The van der Waals surface area contributed by atoms with Crippen LogP contribution < -0.4 is 14.8 Å². The van der Waals surface area contributed by atoms with Gasteiger partial charge in [-0.3, -0.25) is 4.90 Å². The fourth-order valence-electron chi connectivity index (χ4n) is 2.71. The van der Waals surface area contributed by atoms with Gasteiger partial charge in [-0.15, -0.1) is 0 Å². The minimum absolute atomic E-state index is 0.821. The van der Waals surface area contributed by atoms with E-state index in [1.54, 1.807) is 14.2 Å². The van der Waals surface area contributed by atoms with Crippen LogP contribution in [0.25, 0.3) is 0 Å². The van der Waals surface area contributed by atoms with Crippen molar-refractivity contribution >= 4 is 0 Å². The highest BCUT2D eigenvalue weighted by Crippen LogP contribution is 2.35. The molecule has 2 rings (SSSR count). The topological polar surface area (TPSA) is 33.7 Å². The van der Waals surface area contributed by atoms with Gasteiger partial charge in [0.15, 0.2) is 11.5 Å². The molecule has 4 heteroatoms. The third-order valence-electron chi connectivity index (χ3n) is 3.86. The first-order valence-electron chi connectivity index (χ1n) is 6.81. The van der Waals surface area contributed by atoms with Crippen LogP contribution in [0.5, 0.6) is 11.5 Å². The zero-order chi connectivity index (χ0) is 13.8. The molecule has 19 heavy (non-hydrogen) atoms. The number of aryl methyl sites for hydroxylation is 1. The second-order valence-corrected chi connectivity index (χ2v) is 5.06. The van der Waals surface area contributed by atoms with Crippen LogP contribution >= 0.6 is 0 Å². The average Bonchev–Trinajstić information content (AvgIpc) is 2.44. The van der Waals surface area contributed by atoms with Crippen LogP contribution in [0.4, 0.5) is 0 Å². The minimum Gasteiger partial charge on any atom is -0.493 e. The van der Waals surface area contributed by atoms with E-state index in [2.05, 4.69) is 30.1 Å². The predicted molar refractivity (Wildman–Crippen MR) is 77.2 cm³/mol. The molecule has 1 aromatic carbocycles. The van der Waals surface area contributed by atoms with Gasteiger partial charge in [-0.25, -0.2) is 0 Å². The van der Waals surface area contributed by atoms with Crippen molar-refractivity contribution in [2.75, 3.05) is 40.4 Å². The van der Waals surface area contributed by atoms with Crippen molar-refractivity contribution in [3.8, 4) is 11.5 Å². The molecule has 0 radical (unpaired) electrons. The summed E-state index contributed by atoms with van der Waals surface area (Å²) in [4.78, 5) is 2.48. The molecule has 0 atom stereocenters. The first-order valence-corrected chi connectivity index (χ1v) is 6.81. The molecule has 1 aliphatic rings. The van der Waals surface area contributed by atoms with Crippen LogP contribution in [0.2, 0.25) is 0 Å². The number of piperazine rings is 1. The molecule has 1 aromatic rings. The van der Waals surface area contributed by atoms with Gasteiger partial charge in [0, 0.05) is 32.7 Å². The lowest BCUT2D eigenvalue weighted by Gasteiger charge is -2.29. The number of nitrogens with zero attached hydrogens (tertiary/aromatic N) is 1. The maximum absolute atomic E-state index is 5.50. The van der Waals surface area contributed by atoms with Crippen molar-refractivity contribution in [1.82, 2.24) is 10.2 Å². The summed E-state index contributed by atoms with van der Waals surface area (Å²) in [5.41, 5.74) is 3.83. The van der Waals surface area contributed by atoms with Gasteiger partial charge in [-0.1, -0.05) is 0 Å². The molecule has 0 unspecified atom stereocenters. The van der Waals surface area contributed by atoms with Gasteiger partial charge in [0.05, 0.1) is 14.2 Å². The predicted octanol–water partition coefficient (Wildman–Crippen LogP) is 1.73. The fraction of sp³-hybridized carbons (Fsp3) is 0.600. The van der Waals surface area contributed by atoms with Crippen molar-refractivity contribution in [2.45, 2.75) is 20.4 Å². The van der Waals surface area contributed by atoms with Crippen LogP contribution in [0.15, 0.2) is 6.07 Å². The van der Waals surface area contributed by atoms with Crippen LogP contribution in [0.3, 0.4) is 0 Å². The van der Waals surface area contributed by atoms with Gasteiger partial charge < -0.3 is 14.8 Å². The zero-order valence-electron chi connectivity index (χ0n) is 12.4. The first kappa shape index (κ1) is 14.2. The Bertz CT molecular complexity index is 440. The van der Waals surface area contributed by atoms with Gasteiger partial charge in [0.25, 0.3) is 0 Å². The Morgan fingerprint density at radius 2 is 1.84 bits per heavy atom. The highest BCUT2D eigenvalue weighted by atomic mass is 16.5. The molecule has 4 nitrogen and oxygen atoms in total. The lowest BCUT2D eigenvalue weighted by Crippen LogP contribution is -2.43. The summed E-state index contributed by atoms with van der Waals surface area (Å²) in [7, 11) is 3.39. The van der Waals surface area contributed by atoms with Crippen molar-refractivity contribution in [1.29, 1.82) is 0 Å². The van der Waals surface area contributed by atoms with Gasteiger partial charge in [-0.05, 0) is 36.6 Å². The summed E-state index contributed by atoms with van der Waals surface area (Å²) in [6, 6.07) is 2.07. The molecule has 1 fully saturated rings. The van der Waals surface area contributed by atoms with Crippen LogP contribution in [0.1, 0.15) is 16.7 Å². The van der Waals surface area contributed by atoms with E-state index in [1.165, 1.54) is 16.7 Å². The van der Waals surface area contributed by atoms with Crippen molar-refractivity contribution in [2.24, 2.45) is 0 Å². The van der Waals surface area contributed by atoms with Gasteiger partial charge in [0.1, 0.15) is 0 Å². The highest BCUT2D eigenvalue weighted by molar-refractivity contribution is 5.53. The summed E-state index contributed by atoms with van der Waals surface area (Å²) < 4.78 is 10.9. The summed E-state index contributed by atoms with van der Waals surface area (Å²) >= 11 is 0. The molecule has 1 aliphatic heterocycles. The fourth-order valence-corrected chi connectivity index (χ4v) is 2.71. The maximum Gasteiger partial charge on any atom is 0.163 e. The molecule has 0 bridgehead atoms. The lowest BCUT2D eigenvalue weighted by atomic mass is 10.00. The number of hydrogen-bond donors (Lipinski definition) is 1. The Morgan fingerprint density at radius 1 is 1.16 bits per heavy atom. The normalized spacial score (nSPS) is 16.4. The number of hydrogen-bond acceptors (Lipinski definition) is 4. The molecular weight excluding hydrogens is 240 g/mol. The molecule has 0 aromatic heterocycles. The maximum atomic E-state index is 5.50. The smallest absolute Gasteiger partial charge is 0.163 e. The molecule has 0 amide bonds. The van der Waals surface area contributed by atoms with Crippen LogP contribution in [-0.4, -0.2) is 45.3 Å². The van der Waals surface area contributed by atoms with Gasteiger partial charge >= 0.3 is 0 Å². The Morgan fingerprint density at radius 3 is 2.42 bits per heavy atom. The lowest BCUT2D eigenvalue weighted by molar-refractivity contribution is 0.232. The molecule has 1 N–H and O–H groups in total. The number of rotatable bonds is 4. The van der Waals surface area contributed by atoms with Crippen molar-refractivity contribution < 1.29 is 9.47 Å². The average molecular weight is 264 g/mol. The summed E-state index contributed by atoms with van der Waals surface area (Å²) in [6.07, 6.45) is 0. The molecule has 0 aliphatic carbocycles. The van der Waals surface area contributed by atoms with E-state index >= 15 is 0 Å². The number of benzene rings is 1. The number of nitrogens with one attached hydrogen (secondary N) is 1. The Kier molecular flexibility index (Phi) is 4.66. The van der Waals surface area contributed by atoms with E-state index in [9.17, 15) is 0 Å². The van der Waals surface area contributed by atoms with Crippen LogP contribution in [0, 0.1) is 13.8 Å². The van der Waals surface area contributed by atoms with Gasteiger partial charge in [-0.2, -0.15) is 0 Å². The summed E-state index contributed by atoms with van der Waals surface area (Å²) in [5.74, 6) is 1.68.